The lowest BCUT2D eigenvalue weighted by Gasteiger charge is -2.14. The molecule has 108 valence electrons. The number of rotatable bonds is 7. The molecule has 1 N–H and O–H groups in total. The molecule has 0 saturated carbocycles. The molecule has 0 amide bonds. The number of aliphatic hydroxyl groups is 1. The van der Waals surface area contributed by atoms with Gasteiger partial charge in [-0.1, -0.05) is 12.1 Å². The third kappa shape index (κ3) is 5.59. The van der Waals surface area contributed by atoms with E-state index in [2.05, 4.69) is 0 Å². The Balaban J connectivity index is 2.50. The van der Waals surface area contributed by atoms with Crippen molar-refractivity contribution >= 4 is 0 Å². The van der Waals surface area contributed by atoms with E-state index in [-0.39, 0.29) is 12.2 Å². The predicted molar refractivity (Wildman–Crippen MR) is 63.7 cm³/mol. The summed E-state index contributed by atoms with van der Waals surface area (Å²) in [6, 6.07) is 4.59. The zero-order chi connectivity index (χ0) is 14.3. The van der Waals surface area contributed by atoms with Gasteiger partial charge in [-0.2, -0.15) is 13.2 Å². The van der Waals surface area contributed by atoms with Crippen LogP contribution >= 0.6 is 0 Å². The summed E-state index contributed by atoms with van der Waals surface area (Å²) in [5, 5.41) is 9.73. The van der Waals surface area contributed by atoms with Crippen molar-refractivity contribution in [3.8, 4) is 0 Å². The van der Waals surface area contributed by atoms with Gasteiger partial charge in [-0.25, -0.2) is 0 Å². The fourth-order valence-electron chi connectivity index (χ4n) is 1.48. The van der Waals surface area contributed by atoms with E-state index in [1.54, 1.807) is 0 Å². The van der Waals surface area contributed by atoms with Gasteiger partial charge in [-0.15, -0.1) is 0 Å². The van der Waals surface area contributed by atoms with E-state index in [1.165, 1.54) is 12.1 Å². The van der Waals surface area contributed by atoms with Crippen molar-refractivity contribution in [3.63, 3.8) is 0 Å². The summed E-state index contributed by atoms with van der Waals surface area (Å²) >= 11 is 0. The predicted octanol–water partition coefficient (Wildman–Crippen LogP) is 2.79. The molecule has 0 aliphatic carbocycles. The summed E-state index contributed by atoms with van der Waals surface area (Å²) in [5.41, 5.74) is -0.593. The number of hydrogen-bond acceptors (Lipinski definition) is 3. The minimum Gasteiger partial charge on any atom is -0.386 e. The van der Waals surface area contributed by atoms with Crippen molar-refractivity contribution in [2.75, 3.05) is 26.4 Å². The van der Waals surface area contributed by atoms with Gasteiger partial charge in [-0.05, 0) is 24.6 Å². The van der Waals surface area contributed by atoms with E-state index in [4.69, 9.17) is 9.47 Å². The molecule has 0 saturated heterocycles. The molecule has 3 nitrogen and oxygen atoms in total. The normalized spacial score (nSPS) is 13.5. The summed E-state index contributed by atoms with van der Waals surface area (Å²) in [4.78, 5) is 0. The Morgan fingerprint density at radius 1 is 1.21 bits per heavy atom. The average molecular weight is 278 g/mol. The van der Waals surface area contributed by atoms with E-state index in [1.807, 2.05) is 6.92 Å². The quantitative estimate of drug-likeness (QED) is 0.779. The molecule has 0 heterocycles. The van der Waals surface area contributed by atoms with Gasteiger partial charge in [0.05, 0.1) is 25.4 Å². The third-order valence-corrected chi connectivity index (χ3v) is 2.45. The van der Waals surface area contributed by atoms with Crippen LogP contribution in [0, 0.1) is 0 Å². The molecule has 1 atom stereocenters. The van der Waals surface area contributed by atoms with Gasteiger partial charge in [0.1, 0.15) is 6.10 Å². The minimum absolute atomic E-state index is 0.0611. The highest BCUT2D eigenvalue weighted by atomic mass is 19.4. The molecule has 19 heavy (non-hydrogen) atoms. The van der Waals surface area contributed by atoms with Crippen LogP contribution in [0.3, 0.4) is 0 Å². The number of aliphatic hydroxyl groups excluding tert-OH is 1. The summed E-state index contributed by atoms with van der Waals surface area (Å²) in [7, 11) is 0. The van der Waals surface area contributed by atoms with Crippen LogP contribution in [0.4, 0.5) is 13.2 Å². The lowest BCUT2D eigenvalue weighted by atomic mass is 10.1. The molecular weight excluding hydrogens is 261 g/mol. The highest BCUT2D eigenvalue weighted by molar-refractivity contribution is 5.27. The molecule has 0 aliphatic heterocycles. The Bertz CT molecular complexity index is 380. The molecule has 1 unspecified atom stereocenters. The molecular formula is C13H17F3O3. The van der Waals surface area contributed by atoms with Gasteiger partial charge < -0.3 is 14.6 Å². The maximum absolute atomic E-state index is 12.5. The van der Waals surface area contributed by atoms with Gasteiger partial charge in [0.25, 0.3) is 0 Å². The summed E-state index contributed by atoms with van der Waals surface area (Å²) in [6.07, 6.45) is -5.49. The number of benzene rings is 1. The van der Waals surface area contributed by atoms with Crippen molar-refractivity contribution in [2.24, 2.45) is 0 Å². The second-order valence-electron chi connectivity index (χ2n) is 3.91. The Kier molecular flexibility index (Phi) is 6.27. The smallest absolute Gasteiger partial charge is 0.386 e. The first-order chi connectivity index (χ1) is 8.95. The molecule has 6 heteroatoms. The van der Waals surface area contributed by atoms with Gasteiger partial charge in [0, 0.05) is 6.61 Å². The second-order valence-corrected chi connectivity index (χ2v) is 3.91. The molecule has 0 aromatic heterocycles. The number of hydrogen-bond donors (Lipinski definition) is 1. The molecule has 0 fully saturated rings. The van der Waals surface area contributed by atoms with Crippen LogP contribution in [0.5, 0.6) is 0 Å². The van der Waals surface area contributed by atoms with Crippen LogP contribution in [0.2, 0.25) is 0 Å². The van der Waals surface area contributed by atoms with Crippen LogP contribution < -0.4 is 0 Å². The van der Waals surface area contributed by atoms with E-state index < -0.39 is 17.8 Å². The van der Waals surface area contributed by atoms with Gasteiger partial charge in [0.15, 0.2) is 0 Å². The number of alkyl halides is 3. The monoisotopic (exact) mass is 278 g/mol. The third-order valence-electron chi connectivity index (χ3n) is 2.45. The standard InChI is InChI=1S/C13H17F3O3/c1-2-18-6-7-19-9-12(17)10-4-3-5-11(8-10)13(14,15)16/h3-5,8,12,17H,2,6-7,9H2,1H3. The van der Waals surface area contributed by atoms with Crippen LogP contribution in [0.15, 0.2) is 24.3 Å². The molecule has 1 aromatic rings. The zero-order valence-electron chi connectivity index (χ0n) is 10.6. The van der Waals surface area contributed by atoms with E-state index in [9.17, 15) is 18.3 Å². The number of halogens is 3. The van der Waals surface area contributed by atoms with Crippen LogP contribution in [-0.2, 0) is 15.7 Å². The van der Waals surface area contributed by atoms with Crippen molar-refractivity contribution in [1.82, 2.24) is 0 Å². The fourth-order valence-corrected chi connectivity index (χ4v) is 1.48. The van der Waals surface area contributed by atoms with Crippen molar-refractivity contribution in [1.29, 1.82) is 0 Å². The SMILES string of the molecule is CCOCCOCC(O)c1cccc(C(F)(F)F)c1. The maximum Gasteiger partial charge on any atom is 0.416 e. The van der Waals surface area contributed by atoms with Crippen molar-refractivity contribution in [2.45, 2.75) is 19.2 Å². The van der Waals surface area contributed by atoms with Crippen LogP contribution in [-0.4, -0.2) is 31.5 Å². The first-order valence-electron chi connectivity index (χ1n) is 5.96. The second kappa shape index (κ2) is 7.47. The first-order valence-corrected chi connectivity index (χ1v) is 5.96. The average Bonchev–Trinajstić information content (AvgIpc) is 2.37. The molecule has 0 radical (unpaired) electrons. The van der Waals surface area contributed by atoms with E-state index in [0.29, 0.717) is 19.8 Å². The highest BCUT2D eigenvalue weighted by Crippen LogP contribution is 2.30. The van der Waals surface area contributed by atoms with Gasteiger partial charge in [-0.3, -0.25) is 0 Å². The lowest BCUT2D eigenvalue weighted by molar-refractivity contribution is -0.137. The number of ether oxygens (including phenoxy) is 2. The van der Waals surface area contributed by atoms with E-state index in [0.717, 1.165) is 12.1 Å². The summed E-state index contributed by atoms with van der Waals surface area (Å²) in [5.74, 6) is 0. The maximum atomic E-state index is 12.5. The van der Waals surface area contributed by atoms with Gasteiger partial charge in [0.2, 0.25) is 0 Å². The molecule has 0 bridgehead atoms. The molecule has 1 aromatic carbocycles. The summed E-state index contributed by atoms with van der Waals surface area (Å²) in [6.45, 7) is 3.04. The summed E-state index contributed by atoms with van der Waals surface area (Å²) < 4.78 is 47.6. The molecule has 1 rings (SSSR count). The van der Waals surface area contributed by atoms with Gasteiger partial charge >= 0.3 is 6.18 Å². The first kappa shape index (κ1) is 15.9. The molecule has 0 aliphatic rings. The van der Waals surface area contributed by atoms with Crippen molar-refractivity contribution in [3.05, 3.63) is 35.4 Å². The zero-order valence-corrected chi connectivity index (χ0v) is 10.6. The lowest BCUT2D eigenvalue weighted by Crippen LogP contribution is -2.12. The fraction of sp³-hybridized carbons (Fsp3) is 0.538. The van der Waals surface area contributed by atoms with Crippen molar-refractivity contribution < 1.29 is 27.8 Å². The Morgan fingerprint density at radius 2 is 1.89 bits per heavy atom. The Morgan fingerprint density at radius 3 is 2.53 bits per heavy atom. The topological polar surface area (TPSA) is 38.7 Å². The van der Waals surface area contributed by atoms with Crippen LogP contribution in [0.25, 0.3) is 0 Å². The largest absolute Gasteiger partial charge is 0.416 e. The molecule has 0 spiro atoms. The van der Waals surface area contributed by atoms with E-state index >= 15 is 0 Å². The van der Waals surface area contributed by atoms with Crippen LogP contribution in [0.1, 0.15) is 24.2 Å². The Hall–Kier alpha value is -1.11. The highest BCUT2D eigenvalue weighted by Gasteiger charge is 2.30. The Labute approximate surface area is 110 Å². The minimum atomic E-state index is -4.41.